The Bertz CT molecular complexity index is 1620. The van der Waals surface area contributed by atoms with Crippen LogP contribution < -0.4 is 5.32 Å². The zero-order valence-corrected chi connectivity index (χ0v) is 53.6. The summed E-state index contributed by atoms with van der Waals surface area (Å²) < 4.78 is 34.4. The van der Waals surface area contributed by atoms with E-state index in [4.69, 9.17) is 28.4 Å². The third kappa shape index (κ3) is 32.2. The van der Waals surface area contributed by atoms with E-state index in [2.05, 4.69) is 31.3 Å². The maximum absolute atomic E-state index is 13.4. The molecule has 3 aliphatic rings. The summed E-state index contributed by atoms with van der Waals surface area (Å²) in [6.07, 6.45) is 27.3. The number of aliphatic hydroxyl groups is 11. The molecule has 508 valence electrons. The maximum Gasteiger partial charge on any atom is 0.220 e. The van der Waals surface area contributed by atoms with E-state index in [0.717, 1.165) is 64.2 Å². The Morgan fingerprint density at radius 2 is 0.733 bits per heavy atom. The average molecular weight is 1230 g/mol. The first kappa shape index (κ1) is 78.8. The van der Waals surface area contributed by atoms with Crippen LogP contribution in [0.2, 0.25) is 0 Å². The lowest BCUT2D eigenvalue weighted by Gasteiger charge is -2.48. The van der Waals surface area contributed by atoms with Gasteiger partial charge in [-0.1, -0.05) is 244 Å². The number of nitrogens with one attached hydrogen (secondary N) is 1. The number of allylic oxidation sites excluding steroid dienone is 2. The summed E-state index contributed by atoms with van der Waals surface area (Å²) in [6.45, 7) is 1.81. The van der Waals surface area contributed by atoms with E-state index < -0.39 is 124 Å². The van der Waals surface area contributed by atoms with Crippen LogP contribution in [0.3, 0.4) is 0 Å². The highest BCUT2D eigenvalue weighted by atomic mass is 16.8. The Morgan fingerprint density at radius 1 is 0.407 bits per heavy atom. The fraction of sp³-hybridized carbons (Fsp3) is 0.955. The van der Waals surface area contributed by atoms with Crippen molar-refractivity contribution in [3.8, 4) is 0 Å². The molecule has 3 rings (SSSR count). The van der Waals surface area contributed by atoms with Crippen LogP contribution in [0.25, 0.3) is 0 Å². The first-order chi connectivity index (χ1) is 41.8. The predicted octanol–water partition coefficient (Wildman–Crippen LogP) is 8.89. The molecule has 0 aliphatic carbocycles. The largest absolute Gasteiger partial charge is 0.394 e. The van der Waals surface area contributed by atoms with E-state index in [1.807, 2.05) is 0 Å². The summed E-state index contributed by atoms with van der Waals surface area (Å²) in [5, 5.41) is 121. The van der Waals surface area contributed by atoms with E-state index in [0.29, 0.717) is 12.8 Å². The van der Waals surface area contributed by atoms with Crippen molar-refractivity contribution in [3.63, 3.8) is 0 Å². The molecule has 3 heterocycles. The second kappa shape index (κ2) is 50.1. The van der Waals surface area contributed by atoms with Crippen molar-refractivity contribution in [1.82, 2.24) is 5.32 Å². The zero-order valence-electron chi connectivity index (χ0n) is 53.6. The highest BCUT2D eigenvalue weighted by Gasteiger charge is 2.53. The van der Waals surface area contributed by atoms with Crippen molar-refractivity contribution in [2.75, 3.05) is 26.4 Å². The first-order valence-corrected chi connectivity index (χ1v) is 34.9. The van der Waals surface area contributed by atoms with Gasteiger partial charge in [0.2, 0.25) is 5.91 Å². The zero-order chi connectivity index (χ0) is 62.6. The molecule has 17 atom stereocenters. The number of hydrogen-bond donors (Lipinski definition) is 12. The molecule has 86 heavy (non-hydrogen) atoms. The Morgan fingerprint density at radius 3 is 1.13 bits per heavy atom. The van der Waals surface area contributed by atoms with Crippen LogP contribution in [0.5, 0.6) is 0 Å². The summed E-state index contributed by atoms with van der Waals surface area (Å²) in [5.41, 5.74) is 0. The van der Waals surface area contributed by atoms with Crippen molar-refractivity contribution < 1.29 is 89.4 Å². The van der Waals surface area contributed by atoms with Crippen molar-refractivity contribution in [2.45, 2.75) is 381 Å². The molecular weight excluding hydrogens is 1110 g/mol. The van der Waals surface area contributed by atoms with Crippen molar-refractivity contribution in [3.05, 3.63) is 12.2 Å². The van der Waals surface area contributed by atoms with Crippen molar-refractivity contribution in [1.29, 1.82) is 0 Å². The number of carbonyl (C=O) groups excluding carboxylic acids is 1. The molecule has 0 aromatic carbocycles. The van der Waals surface area contributed by atoms with Crippen LogP contribution in [0.15, 0.2) is 12.2 Å². The van der Waals surface area contributed by atoms with Gasteiger partial charge >= 0.3 is 0 Å². The Hall–Kier alpha value is -1.47. The fourth-order valence-corrected chi connectivity index (χ4v) is 12.1. The normalized spacial score (nSPS) is 28.8. The Kier molecular flexibility index (Phi) is 45.9. The number of amides is 1. The Labute approximate surface area is 518 Å². The van der Waals surface area contributed by atoms with Crippen LogP contribution in [-0.4, -0.2) is 193 Å². The number of hydrogen-bond acceptors (Lipinski definition) is 18. The second-order valence-corrected chi connectivity index (χ2v) is 25.3. The number of carbonyl (C=O) groups is 1. The maximum atomic E-state index is 13.4. The van der Waals surface area contributed by atoms with Crippen LogP contribution in [0.4, 0.5) is 0 Å². The minimum absolute atomic E-state index is 0.248. The SMILES string of the molecule is CCCCCCC/C=C\CCCCCCCC(=O)NC(COC1OC(CO)C(OC2OC(CO)C(OC3OC(CO)C(O)C(O)C3O)C(O)C2O)C(O)C1O)C(O)CCCCCCCCCCCCCCCCCCCCCCCCCCCCC. The number of ether oxygens (including phenoxy) is 6. The van der Waals surface area contributed by atoms with Gasteiger partial charge in [-0.15, -0.1) is 0 Å². The summed E-state index contributed by atoms with van der Waals surface area (Å²) in [7, 11) is 0. The second-order valence-electron chi connectivity index (χ2n) is 25.3. The van der Waals surface area contributed by atoms with Crippen LogP contribution >= 0.6 is 0 Å². The van der Waals surface area contributed by atoms with E-state index in [1.165, 1.54) is 180 Å². The van der Waals surface area contributed by atoms with Gasteiger partial charge in [-0.05, 0) is 38.5 Å². The topological polar surface area (TPSA) is 307 Å². The Balaban J connectivity index is 1.40. The third-order valence-corrected chi connectivity index (χ3v) is 17.8. The summed E-state index contributed by atoms with van der Waals surface area (Å²) in [6, 6.07) is -0.889. The molecule has 0 radical (unpaired) electrons. The van der Waals surface area contributed by atoms with Crippen LogP contribution in [-0.2, 0) is 33.2 Å². The highest BCUT2D eigenvalue weighted by molar-refractivity contribution is 5.76. The van der Waals surface area contributed by atoms with Gasteiger partial charge in [-0.3, -0.25) is 4.79 Å². The minimum Gasteiger partial charge on any atom is -0.394 e. The molecular formula is C67H127NO18. The van der Waals surface area contributed by atoms with E-state index in [9.17, 15) is 61.0 Å². The van der Waals surface area contributed by atoms with E-state index >= 15 is 0 Å². The quantitative estimate of drug-likeness (QED) is 0.0200. The predicted molar refractivity (Wildman–Crippen MR) is 333 cm³/mol. The van der Waals surface area contributed by atoms with Gasteiger partial charge in [-0.2, -0.15) is 0 Å². The van der Waals surface area contributed by atoms with Crippen molar-refractivity contribution in [2.24, 2.45) is 0 Å². The van der Waals surface area contributed by atoms with Gasteiger partial charge in [0, 0.05) is 6.42 Å². The highest BCUT2D eigenvalue weighted by Crippen LogP contribution is 2.33. The standard InChI is InChI=1S/C67H127NO18/c1-3-5-7-9-11-13-15-17-19-20-21-22-23-24-25-26-27-28-29-30-31-32-34-36-38-40-42-44-51(72)50(68-55(73)45-43-41-39-37-35-33-18-16-14-12-10-8-6-4-2)49-81-65-61(79)58(76)63(53(47-70)83-65)86-67-62(80)59(77)64(54(48-71)84-67)85-66-60(78)57(75)56(74)52(46-69)82-66/h16,18,50-54,56-67,69-72,74-80H,3-15,17,19-49H2,1-2H3,(H,68,73)/b18-16-. The summed E-state index contributed by atoms with van der Waals surface area (Å²) in [5.74, 6) is -0.248. The van der Waals surface area contributed by atoms with Gasteiger partial charge in [0.15, 0.2) is 18.9 Å². The molecule has 3 aliphatic heterocycles. The minimum atomic E-state index is -1.97. The molecule has 12 N–H and O–H groups in total. The van der Waals surface area contributed by atoms with E-state index in [1.54, 1.807) is 0 Å². The van der Waals surface area contributed by atoms with E-state index in [-0.39, 0.29) is 18.9 Å². The van der Waals surface area contributed by atoms with Gasteiger partial charge in [0.05, 0.1) is 38.6 Å². The number of rotatable bonds is 54. The summed E-state index contributed by atoms with van der Waals surface area (Å²) >= 11 is 0. The lowest BCUT2D eigenvalue weighted by molar-refractivity contribution is -0.379. The molecule has 0 saturated carbocycles. The number of unbranched alkanes of at least 4 members (excludes halogenated alkanes) is 36. The fourth-order valence-electron chi connectivity index (χ4n) is 12.1. The number of aliphatic hydroxyl groups excluding tert-OH is 11. The average Bonchev–Trinajstić information content (AvgIpc) is 3.43. The molecule has 0 aromatic rings. The monoisotopic (exact) mass is 1230 g/mol. The van der Waals surface area contributed by atoms with Gasteiger partial charge in [0.1, 0.15) is 73.2 Å². The molecule has 0 aromatic heterocycles. The molecule has 0 bridgehead atoms. The molecule has 0 spiro atoms. The summed E-state index contributed by atoms with van der Waals surface area (Å²) in [4.78, 5) is 13.4. The van der Waals surface area contributed by atoms with Crippen molar-refractivity contribution >= 4 is 5.91 Å². The lowest BCUT2D eigenvalue weighted by atomic mass is 9.96. The van der Waals surface area contributed by atoms with Crippen LogP contribution in [0.1, 0.15) is 277 Å². The molecule has 3 fully saturated rings. The molecule has 19 heteroatoms. The molecule has 19 nitrogen and oxygen atoms in total. The van der Waals surface area contributed by atoms with Gasteiger partial charge in [0.25, 0.3) is 0 Å². The van der Waals surface area contributed by atoms with Crippen LogP contribution in [0, 0.1) is 0 Å². The lowest BCUT2D eigenvalue weighted by Crippen LogP contribution is -2.66. The van der Waals surface area contributed by atoms with Gasteiger partial charge in [-0.25, -0.2) is 0 Å². The molecule has 3 saturated heterocycles. The smallest absolute Gasteiger partial charge is 0.220 e. The third-order valence-electron chi connectivity index (χ3n) is 17.8. The molecule has 17 unspecified atom stereocenters. The van der Waals surface area contributed by atoms with Gasteiger partial charge < -0.3 is 89.9 Å². The first-order valence-electron chi connectivity index (χ1n) is 34.9. The molecule has 1 amide bonds.